The van der Waals surface area contributed by atoms with Gasteiger partial charge in [-0.2, -0.15) is 4.68 Å². The quantitative estimate of drug-likeness (QED) is 0.364. The molecular weight excluding hydrogens is 342 g/mol. The second-order valence-electron chi connectivity index (χ2n) is 4.25. The molecule has 0 fully saturated rings. The van der Waals surface area contributed by atoms with Gasteiger partial charge in [-0.15, -0.1) is 0 Å². The van der Waals surface area contributed by atoms with Gasteiger partial charge in [0.25, 0.3) is 0 Å². The van der Waals surface area contributed by atoms with Crippen LogP contribution >= 0.6 is 15.9 Å². The van der Waals surface area contributed by atoms with Gasteiger partial charge in [-0.25, -0.2) is 5.84 Å². The number of halogens is 1. The van der Waals surface area contributed by atoms with Crippen LogP contribution in [0.25, 0.3) is 0 Å². The number of aromatic nitrogens is 2. The SMILES string of the molecule is NNC(=O)C(Cn1cc(Br)c([N+](=O)[O-])n1)c1ccccc1. The lowest BCUT2D eigenvalue weighted by molar-refractivity contribution is -0.390. The fraction of sp³-hybridized carbons (Fsp3) is 0.167. The van der Waals surface area contributed by atoms with Gasteiger partial charge in [-0.3, -0.25) is 10.2 Å². The van der Waals surface area contributed by atoms with Crippen molar-refractivity contribution in [2.24, 2.45) is 5.84 Å². The Bertz CT molecular complexity index is 658. The zero-order valence-corrected chi connectivity index (χ0v) is 12.4. The molecular formula is C12H12BrN5O3. The van der Waals surface area contributed by atoms with Gasteiger partial charge < -0.3 is 10.1 Å². The van der Waals surface area contributed by atoms with Crippen LogP contribution in [0.1, 0.15) is 11.5 Å². The molecule has 1 unspecified atom stereocenters. The predicted molar refractivity (Wildman–Crippen MR) is 78.1 cm³/mol. The lowest BCUT2D eigenvalue weighted by Gasteiger charge is -2.14. The monoisotopic (exact) mass is 353 g/mol. The summed E-state index contributed by atoms with van der Waals surface area (Å²) in [5, 5.41) is 14.6. The number of nitrogens with zero attached hydrogens (tertiary/aromatic N) is 3. The Morgan fingerprint density at radius 2 is 2.14 bits per heavy atom. The van der Waals surface area contributed by atoms with Crippen molar-refractivity contribution in [1.82, 2.24) is 15.2 Å². The van der Waals surface area contributed by atoms with Gasteiger partial charge >= 0.3 is 5.82 Å². The molecule has 0 saturated heterocycles. The summed E-state index contributed by atoms with van der Waals surface area (Å²) in [4.78, 5) is 22.1. The van der Waals surface area contributed by atoms with Gasteiger partial charge in [-0.1, -0.05) is 30.3 Å². The topological polar surface area (TPSA) is 116 Å². The van der Waals surface area contributed by atoms with Gasteiger partial charge in [-0.05, 0) is 26.4 Å². The molecule has 8 nitrogen and oxygen atoms in total. The summed E-state index contributed by atoms with van der Waals surface area (Å²) in [6.45, 7) is 0.138. The van der Waals surface area contributed by atoms with E-state index >= 15 is 0 Å². The second-order valence-corrected chi connectivity index (χ2v) is 5.11. The van der Waals surface area contributed by atoms with Crippen molar-refractivity contribution >= 4 is 27.7 Å². The lowest BCUT2D eigenvalue weighted by Crippen LogP contribution is -2.36. The van der Waals surface area contributed by atoms with Crippen molar-refractivity contribution in [3.63, 3.8) is 0 Å². The molecule has 9 heteroatoms. The molecule has 1 atom stereocenters. The number of amides is 1. The van der Waals surface area contributed by atoms with Gasteiger partial charge in [0.15, 0.2) is 0 Å². The fourth-order valence-electron chi connectivity index (χ4n) is 1.92. The minimum absolute atomic E-state index is 0.138. The van der Waals surface area contributed by atoms with Crippen LogP contribution in [0.15, 0.2) is 41.0 Å². The van der Waals surface area contributed by atoms with E-state index in [0.717, 1.165) is 5.56 Å². The number of nitrogens with one attached hydrogen (secondary N) is 1. The van der Waals surface area contributed by atoms with E-state index in [1.54, 1.807) is 24.3 Å². The van der Waals surface area contributed by atoms with Crippen LogP contribution in [0.2, 0.25) is 0 Å². The molecule has 1 aromatic carbocycles. The minimum atomic E-state index is -0.596. The molecule has 0 radical (unpaired) electrons. The van der Waals surface area contributed by atoms with E-state index in [9.17, 15) is 14.9 Å². The molecule has 0 aliphatic carbocycles. The zero-order chi connectivity index (χ0) is 15.4. The Balaban J connectivity index is 2.30. The number of benzene rings is 1. The average molecular weight is 354 g/mol. The normalized spacial score (nSPS) is 11.9. The number of carbonyl (C=O) groups is 1. The summed E-state index contributed by atoms with van der Waals surface area (Å²) < 4.78 is 1.60. The van der Waals surface area contributed by atoms with Gasteiger partial charge in [0.1, 0.15) is 4.47 Å². The minimum Gasteiger partial charge on any atom is -0.358 e. The van der Waals surface area contributed by atoms with Crippen molar-refractivity contribution < 1.29 is 9.72 Å². The van der Waals surface area contributed by atoms with Crippen molar-refractivity contribution in [2.75, 3.05) is 0 Å². The largest absolute Gasteiger partial charge is 0.404 e. The summed E-state index contributed by atoms with van der Waals surface area (Å²) in [5.41, 5.74) is 2.85. The van der Waals surface area contributed by atoms with Crippen LogP contribution in [-0.4, -0.2) is 20.6 Å². The van der Waals surface area contributed by atoms with E-state index in [-0.39, 0.29) is 16.8 Å². The second kappa shape index (κ2) is 6.46. The molecule has 21 heavy (non-hydrogen) atoms. The number of hydrogen-bond donors (Lipinski definition) is 2. The molecule has 0 aliphatic rings. The van der Waals surface area contributed by atoms with Gasteiger partial charge in [0, 0.05) is 0 Å². The Hall–Kier alpha value is -2.26. The maximum absolute atomic E-state index is 11.9. The van der Waals surface area contributed by atoms with E-state index < -0.39 is 16.7 Å². The Morgan fingerprint density at radius 3 is 2.67 bits per heavy atom. The van der Waals surface area contributed by atoms with Crippen LogP contribution in [0.4, 0.5) is 5.82 Å². The average Bonchev–Trinajstić information content (AvgIpc) is 2.86. The van der Waals surface area contributed by atoms with Crippen LogP contribution in [-0.2, 0) is 11.3 Å². The standard InChI is InChI=1S/C12H12BrN5O3/c13-10-7-17(16-11(10)18(20)21)6-9(12(19)15-14)8-4-2-1-3-5-8/h1-5,7,9H,6,14H2,(H,15,19). The zero-order valence-electron chi connectivity index (χ0n) is 10.8. The highest BCUT2D eigenvalue weighted by molar-refractivity contribution is 9.10. The third-order valence-electron chi connectivity index (χ3n) is 2.90. The van der Waals surface area contributed by atoms with Crippen molar-refractivity contribution in [3.8, 4) is 0 Å². The van der Waals surface area contributed by atoms with Gasteiger partial charge in [0.05, 0.1) is 23.8 Å². The first-order chi connectivity index (χ1) is 10.0. The van der Waals surface area contributed by atoms with Crippen LogP contribution in [0.5, 0.6) is 0 Å². The first kappa shape index (κ1) is 15.1. The molecule has 2 aromatic rings. The summed E-state index contributed by atoms with van der Waals surface area (Å²) in [6.07, 6.45) is 1.46. The predicted octanol–water partition coefficient (Wildman–Crippen LogP) is 1.33. The number of hydrazine groups is 1. The highest BCUT2D eigenvalue weighted by Crippen LogP contribution is 2.24. The molecule has 1 heterocycles. The molecule has 0 bridgehead atoms. The highest BCUT2D eigenvalue weighted by Gasteiger charge is 2.25. The summed E-state index contributed by atoms with van der Waals surface area (Å²) in [5.74, 6) is 3.92. The van der Waals surface area contributed by atoms with Gasteiger partial charge in [0.2, 0.25) is 5.91 Å². The molecule has 1 aromatic heterocycles. The van der Waals surface area contributed by atoms with Crippen molar-refractivity contribution in [3.05, 3.63) is 56.7 Å². The molecule has 0 aliphatic heterocycles. The Morgan fingerprint density at radius 1 is 1.48 bits per heavy atom. The first-order valence-electron chi connectivity index (χ1n) is 5.95. The smallest absolute Gasteiger partial charge is 0.358 e. The maximum Gasteiger partial charge on any atom is 0.404 e. The van der Waals surface area contributed by atoms with Crippen molar-refractivity contribution in [1.29, 1.82) is 0 Å². The Kier molecular flexibility index (Phi) is 4.66. The van der Waals surface area contributed by atoms with E-state index in [2.05, 4.69) is 26.5 Å². The highest BCUT2D eigenvalue weighted by atomic mass is 79.9. The first-order valence-corrected chi connectivity index (χ1v) is 6.75. The Labute approximate surface area is 128 Å². The third-order valence-corrected chi connectivity index (χ3v) is 3.46. The molecule has 2 rings (SSSR count). The van der Waals surface area contributed by atoms with E-state index in [0.29, 0.717) is 0 Å². The maximum atomic E-state index is 11.9. The summed E-state index contributed by atoms with van der Waals surface area (Å²) in [6, 6.07) is 9.00. The molecule has 0 saturated carbocycles. The molecule has 0 spiro atoms. The fourth-order valence-corrected chi connectivity index (χ4v) is 2.38. The summed E-state index contributed by atoms with van der Waals surface area (Å²) >= 11 is 3.07. The number of rotatable bonds is 5. The van der Waals surface area contributed by atoms with Crippen LogP contribution in [0.3, 0.4) is 0 Å². The van der Waals surface area contributed by atoms with Crippen LogP contribution < -0.4 is 11.3 Å². The van der Waals surface area contributed by atoms with E-state index in [1.165, 1.54) is 10.9 Å². The van der Waals surface area contributed by atoms with Crippen LogP contribution in [0, 0.1) is 10.1 Å². The number of nitro groups is 1. The number of nitrogens with two attached hydrogens (primary N) is 1. The van der Waals surface area contributed by atoms with E-state index in [4.69, 9.17) is 5.84 Å². The number of carbonyl (C=O) groups excluding carboxylic acids is 1. The van der Waals surface area contributed by atoms with Crippen molar-refractivity contribution in [2.45, 2.75) is 12.5 Å². The number of hydrogen-bond acceptors (Lipinski definition) is 5. The molecule has 110 valence electrons. The lowest BCUT2D eigenvalue weighted by atomic mass is 9.98. The molecule has 1 amide bonds. The summed E-state index contributed by atoms with van der Waals surface area (Å²) in [7, 11) is 0. The van der Waals surface area contributed by atoms with E-state index in [1.807, 2.05) is 6.07 Å². The molecule has 3 N–H and O–H groups in total. The third kappa shape index (κ3) is 3.44.